The molecule has 4 rings (SSSR count). The van der Waals surface area contributed by atoms with Crippen molar-refractivity contribution in [1.82, 2.24) is 30.4 Å². The van der Waals surface area contributed by atoms with E-state index in [0.717, 1.165) is 60.0 Å². The van der Waals surface area contributed by atoms with E-state index in [2.05, 4.69) is 35.4 Å². The molecule has 0 aliphatic carbocycles. The molecule has 0 amide bonds. The number of aliphatic imine (C=N–C) groups is 1. The average molecular weight is 369 g/mol. The number of fused-ring (bicyclic) bond motifs is 2. The Bertz CT molecular complexity index is 956. The Balaban J connectivity index is 1.31. The number of nitrogens with zero attached hydrogens (tertiary/aromatic N) is 4. The van der Waals surface area contributed by atoms with Crippen LogP contribution in [0.25, 0.3) is 10.9 Å². The van der Waals surface area contributed by atoms with E-state index in [1.54, 1.807) is 7.05 Å². The lowest BCUT2D eigenvalue weighted by Crippen LogP contribution is -2.38. The second-order valence-corrected chi connectivity index (χ2v) is 6.75. The molecule has 0 saturated carbocycles. The molecule has 3 heterocycles. The van der Waals surface area contributed by atoms with Crippen molar-refractivity contribution in [3.8, 4) is 0 Å². The van der Waals surface area contributed by atoms with Crippen LogP contribution in [0.5, 0.6) is 0 Å². The van der Waals surface area contributed by atoms with Crippen molar-refractivity contribution in [2.45, 2.75) is 38.8 Å². The summed E-state index contributed by atoms with van der Waals surface area (Å²) in [5.41, 5.74) is 1.98. The lowest BCUT2D eigenvalue weighted by atomic mass is 10.1. The van der Waals surface area contributed by atoms with Gasteiger partial charge >= 0.3 is 0 Å². The van der Waals surface area contributed by atoms with Crippen LogP contribution >= 0.6 is 0 Å². The van der Waals surface area contributed by atoms with E-state index in [1.807, 2.05) is 12.3 Å². The van der Waals surface area contributed by atoms with E-state index >= 15 is 0 Å². The fourth-order valence-corrected chi connectivity index (χ4v) is 3.56. The van der Waals surface area contributed by atoms with Crippen molar-refractivity contribution < 1.29 is 4.39 Å². The number of hydrogen-bond donors (Lipinski definition) is 3. The Kier molecular flexibility index (Phi) is 5.04. The summed E-state index contributed by atoms with van der Waals surface area (Å²) in [4.78, 5) is 7.39. The molecular weight excluding hydrogens is 345 g/mol. The average Bonchev–Trinajstić information content (AvgIpc) is 3.28. The number of rotatable bonds is 5. The Labute approximate surface area is 157 Å². The molecule has 1 aliphatic heterocycles. The SMILES string of the molecule is CN=C(NCCc1c[nH]c2cc(F)ccc12)NCc1nnc2n1CCCC2. The molecule has 0 unspecified atom stereocenters. The predicted octanol–water partition coefficient (Wildman–Crippen LogP) is 2.14. The lowest BCUT2D eigenvalue weighted by Gasteiger charge is -2.16. The first-order valence-corrected chi connectivity index (χ1v) is 9.35. The third-order valence-corrected chi connectivity index (χ3v) is 4.99. The minimum absolute atomic E-state index is 0.228. The molecule has 1 aliphatic rings. The zero-order chi connectivity index (χ0) is 18.6. The van der Waals surface area contributed by atoms with Gasteiger partial charge in [-0.15, -0.1) is 10.2 Å². The quantitative estimate of drug-likeness (QED) is 0.475. The number of hydrogen-bond acceptors (Lipinski definition) is 3. The summed E-state index contributed by atoms with van der Waals surface area (Å²) in [6.07, 6.45) is 6.13. The molecule has 0 atom stereocenters. The number of nitrogens with one attached hydrogen (secondary N) is 3. The van der Waals surface area contributed by atoms with E-state index in [1.165, 1.54) is 25.0 Å². The summed E-state index contributed by atoms with van der Waals surface area (Å²) in [5.74, 6) is 2.53. The van der Waals surface area contributed by atoms with Gasteiger partial charge in [-0.05, 0) is 43.0 Å². The molecule has 1 aromatic carbocycles. The van der Waals surface area contributed by atoms with Gasteiger partial charge in [0.2, 0.25) is 0 Å². The van der Waals surface area contributed by atoms with Gasteiger partial charge in [-0.1, -0.05) is 0 Å². The van der Waals surface area contributed by atoms with Crippen LogP contribution in [0.15, 0.2) is 29.4 Å². The number of aromatic nitrogens is 4. The van der Waals surface area contributed by atoms with Gasteiger partial charge in [-0.3, -0.25) is 4.99 Å². The maximum absolute atomic E-state index is 13.3. The first kappa shape index (κ1) is 17.5. The Hall–Kier alpha value is -2.90. The Morgan fingerprint density at radius 3 is 3.11 bits per heavy atom. The topological polar surface area (TPSA) is 82.9 Å². The molecule has 0 spiro atoms. The summed E-state index contributed by atoms with van der Waals surface area (Å²) in [6.45, 7) is 2.31. The fourth-order valence-electron chi connectivity index (χ4n) is 3.56. The molecule has 0 saturated heterocycles. The molecule has 2 aromatic heterocycles. The van der Waals surface area contributed by atoms with Gasteiger partial charge in [-0.2, -0.15) is 0 Å². The van der Waals surface area contributed by atoms with Crippen molar-refractivity contribution in [2.75, 3.05) is 13.6 Å². The molecule has 0 bridgehead atoms. The second-order valence-electron chi connectivity index (χ2n) is 6.75. The third-order valence-electron chi connectivity index (χ3n) is 4.99. The van der Waals surface area contributed by atoms with Crippen LogP contribution in [0.1, 0.15) is 30.1 Å². The van der Waals surface area contributed by atoms with E-state index in [9.17, 15) is 4.39 Å². The third kappa shape index (κ3) is 3.79. The Morgan fingerprint density at radius 1 is 1.30 bits per heavy atom. The van der Waals surface area contributed by atoms with Crippen LogP contribution in [0, 0.1) is 5.82 Å². The van der Waals surface area contributed by atoms with E-state index in [0.29, 0.717) is 6.54 Å². The van der Waals surface area contributed by atoms with Crippen molar-refractivity contribution in [3.05, 3.63) is 47.4 Å². The molecular formula is C19H24FN7. The van der Waals surface area contributed by atoms with Gasteiger partial charge in [0.05, 0.1) is 6.54 Å². The molecule has 7 nitrogen and oxygen atoms in total. The van der Waals surface area contributed by atoms with Crippen molar-refractivity contribution >= 4 is 16.9 Å². The monoisotopic (exact) mass is 369 g/mol. The molecule has 0 radical (unpaired) electrons. The van der Waals surface area contributed by atoms with Crippen LogP contribution in [0.4, 0.5) is 4.39 Å². The number of aryl methyl sites for hydroxylation is 1. The van der Waals surface area contributed by atoms with E-state index in [4.69, 9.17) is 0 Å². The molecule has 3 aromatic rings. The normalized spacial score (nSPS) is 14.4. The molecule has 27 heavy (non-hydrogen) atoms. The van der Waals surface area contributed by atoms with E-state index < -0.39 is 0 Å². The summed E-state index contributed by atoms with van der Waals surface area (Å²) < 4.78 is 15.5. The van der Waals surface area contributed by atoms with Gasteiger partial charge in [0.25, 0.3) is 0 Å². The van der Waals surface area contributed by atoms with Crippen molar-refractivity contribution in [3.63, 3.8) is 0 Å². The highest BCUT2D eigenvalue weighted by atomic mass is 19.1. The number of H-pyrrole nitrogens is 1. The van der Waals surface area contributed by atoms with Crippen LogP contribution in [-0.4, -0.2) is 39.3 Å². The zero-order valence-corrected chi connectivity index (χ0v) is 15.4. The molecule has 8 heteroatoms. The maximum atomic E-state index is 13.3. The zero-order valence-electron chi connectivity index (χ0n) is 15.4. The fraction of sp³-hybridized carbons (Fsp3) is 0.421. The summed E-state index contributed by atoms with van der Waals surface area (Å²) in [5, 5.41) is 16.2. The standard InChI is InChI=1S/C19H24FN7/c1-21-19(24-12-18-26-25-17-4-2-3-9-27(17)18)22-8-7-13-11-23-16-10-14(20)5-6-15(13)16/h5-6,10-11,23H,2-4,7-9,12H2,1H3,(H2,21,22,24). The predicted molar refractivity (Wildman–Crippen MR) is 103 cm³/mol. The first-order chi connectivity index (χ1) is 13.2. The second kappa shape index (κ2) is 7.77. The summed E-state index contributed by atoms with van der Waals surface area (Å²) in [6, 6.07) is 4.83. The van der Waals surface area contributed by atoms with Gasteiger partial charge in [0.15, 0.2) is 11.8 Å². The summed E-state index contributed by atoms with van der Waals surface area (Å²) in [7, 11) is 1.75. The number of guanidine groups is 1. The van der Waals surface area contributed by atoms with Crippen LogP contribution in [-0.2, 0) is 25.9 Å². The highest BCUT2D eigenvalue weighted by molar-refractivity contribution is 5.83. The van der Waals surface area contributed by atoms with Crippen LogP contribution < -0.4 is 10.6 Å². The van der Waals surface area contributed by atoms with Gasteiger partial charge in [0.1, 0.15) is 11.6 Å². The molecule has 142 valence electrons. The molecule has 3 N–H and O–H groups in total. The van der Waals surface area contributed by atoms with Crippen molar-refractivity contribution in [1.29, 1.82) is 0 Å². The minimum Gasteiger partial charge on any atom is -0.361 e. The highest BCUT2D eigenvalue weighted by Crippen LogP contribution is 2.19. The summed E-state index contributed by atoms with van der Waals surface area (Å²) >= 11 is 0. The van der Waals surface area contributed by atoms with Gasteiger partial charge < -0.3 is 20.2 Å². The largest absolute Gasteiger partial charge is 0.361 e. The number of halogens is 1. The van der Waals surface area contributed by atoms with Gasteiger partial charge in [0, 0.05) is 43.7 Å². The van der Waals surface area contributed by atoms with Crippen molar-refractivity contribution in [2.24, 2.45) is 4.99 Å². The highest BCUT2D eigenvalue weighted by Gasteiger charge is 2.15. The minimum atomic E-state index is -0.228. The lowest BCUT2D eigenvalue weighted by molar-refractivity contribution is 0.504. The smallest absolute Gasteiger partial charge is 0.191 e. The number of benzene rings is 1. The molecule has 0 fully saturated rings. The first-order valence-electron chi connectivity index (χ1n) is 9.35. The van der Waals surface area contributed by atoms with Gasteiger partial charge in [-0.25, -0.2) is 4.39 Å². The maximum Gasteiger partial charge on any atom is 0.191 e. The van der Waals surface area contributed by atoms with Crippen LogP contribution in [0.3, 0.4) is 0 Å². The van der Waals surface area contributed by atoms with Crippen LogP contribution in [0.2, 0.25) is 0 Å². The Morgan fingerprint density at radius 2 is 2.22 bits per heavy atom. The van der Waals surface area contributed by atoms with E-state index in [-0.39, 0.29) is 5.82 Å². The number of aromatic amines is 1.